The van der Waals surface area contributed by atoms with E-state index in [1.165, 1.54) is 0 Å². The molecule has 2 rings (SSSR count). The van der Waals surface area contributed by atoms with E-state index in [4.69, 9.17) is 0 Å². The van der Waals surface area contributed by atoms with E-state index in [0.29, 0.717) is 17.0 Å². The van der Waals surface area contributed by atoms with Gasteiger partial charge in [-0.3, -0.25) is 9.59 Å². The molecule has 96 valence electrons. The van der Waals surface area contributed by atoms with Crippen molar-refractivity contribution in [2.75, 3.05) is 0 Å². The van der Waals surface area contributed by atoms with Crippen LogP contribution in [0.4, 0.5) is 0 Å². The van der Waals surface area contributed by atoms with E-state index >= 15 is 0 Å². The minimum atomic E-state index is -0.618. The third-order valence-electron chi connectivity index (χ3n) is 2.79. The molecule has 2 aromatic rings. The van der Waals surface area contributed by atoms with Gasteiger partial charge in [-0.2, -0.15) is 0 Å². The standard InChI is InChI=1S/C13H15BrN2O2/c1-7(2)5-9(14)8-3-4-10-11(6-8)16-13(18)12(17)15-10/h3-4,6-7,9H,5H2,1-2H3,(H,15,17)(H,16,18). The Hall–Kier alpha value is -1.36. The first-order valence-corrected chi connectivity index (χ1v) is 6.79. The largest absolute Gasteiger partial charge is 0.316 e. The molecule has 0 saturated carbocycles. The van der Waals surface area contributed by atoms with Crippen molar-refractivity contribution in [1.82, 2.24) is 9.97 Å². The molecule has 0 spiro atoms. The number of alkyl halides is 1. The Balaban J connectivity index is 2.47. The van der Waals surface area contributed by atoms with Crippen LogP contribution in [0.15, 0.2) is 27.8 Å². The minimum Gasteiger partial charge on any atom is -0.316 e. The highest BCUT2D eigenvalue weighted by atomic mass is 79.9. The highest BCUT2D eigenvalue weighted by Crippen LogP contribution is 2.30. The molecule has 0 amide bonds. The van der Waals surface area contributed by atoms with Gasteiger partial charge in [0.05, 0.1) is 11.0 Å². The van der Waals surface area contributed by atoms with Crippen molar-refractivity contribution < 1.29 is 0 Å². The van der Waals surface area contributed by atoms with Crippen LogP contribution in [-0.2, 0) is 0 Å². The Bertz CT molecular complexity index is 672. The highest BCUT2D eigenvalue weighted by molar-refractivity contribution is 9.09. The maximum atomic E-state index is 11.3. The average Bonchev–Trinajstić information content (AvgIpc) is 2.29. The number of benzene rings is 1. The van der Waals surface area contributed by atoms with Gasteiger partial charge in [-0.25, -0.2) is 0 Å². The third-order valence-corrected chi connectivity index (χ3v) is 3.69. The van der Waals surface area contributed by atoms with Gasteiger partial charge in [-0.15, -0.1) is 0 Å². The molecular weight excluding hydrogens is 296 g/mol. The number of hydrogen-bond donors (Lipinski definition) is 2. The van der Waals surface area contributed by atoms with E-state index in [0.717, 1.165) is 12.0 Å². The Morgan fingerprint density at radius 3 is 2.33 bits per heavy atom. The lowest BCUT2D eigenvalue weighted by Crippen LogP contribution is -2.28. The number of aromatic amines is 2. The van der Waals surface area contributed by atoms with Crippen LogP contribution in [0.1, 0.15) is 30.7 Å². The fourth-order valence-corrected chi connectivity index (χ4v) is 2.91. The molecule has 5 heteroatoms. The molecule has 18 heavy (non-hydrogen) atoms. The Morgan fingerprint density at radius 2 is 1.72 bits per heavy atom. The van der Waals surface area contributed by atoms with Gasteiger partial charge < -0.3 is 9.97 Å². The lowest BCUT2D eigenvalue weighted by molar-refractivity contribution is 0.584. The fourth-order valence-electron chi connectivity index (χ4n) is 1.88. The van der Waals surface area contributed by atoms with Crippen LogP contribution in [0, 0.1) is 5.92 Å². The highest BCUT2D eigenvalue weighted by Gasteiger charge is 2.10. The fraction of sp³-hybridized carbons (Fsp3) is 0.385. The summed E-state index contributed by atoms with van der Waals surface area (Å²) in [6.07, 6.45) is 1.01. The summed E-state index contributed by atoms with van der Waals surface area (Å²) in [5, 5.41) is 0. The number of nitrogens with one attached hydrogen (secondary N) is 2. The van der Waals surface area contributed by atoms with Crippen LogP contribution in [0.3, 0.4) is 0 Å². The lowest BCUT2D eigenvalue weighted by atomic mass is 10.0. The summed E-state index contributed by atoms with van der Waals surface area (Å²) in [6.45, 7) is 4.32. The summed E-state index contributed by atoms with van der Waals surface area (Å²) >= 11 is 3.64. The molecule has 0 bridgehead atoms. The Kier molecular flexibility index (Phi) is 3.71. The van der Waals surface area contributed by atoms with Crippen molar-refractivity contribution >= 4 is 27.0 Å². The van der Waals surface area contributed by atoms with Crippen molar-refractivity contribution in [1.29, 1.82) is 0 Å². The molecule has 0 radical (unpaired) electrons. The normalized spacial score (nSPS) is 13.1. The molecule has 0 aliphatic carbocycles. The second-order valence-corrected chi connectivity index (χ2v) is 5.92. The summed E-state index contributed by atoms with van der Waals surface area (Å²) in [6, 6.07) is 5.67. The molecule has 0 saturated heterocycles. The second-order valence-electron chi connectivity index (χ2n) is 4.81. The summed E-state index contributed by atoms with van der Waals surface area (Å²) in [5.41, 5.74) is 1.17. The number of fused-ring (bicyclic) bond motifs is 1. The van der Waals surface area contributed by atoms with Gasteiger partial charge in [-0.05, 0) is 30.0 Å². The minimum absolute atomic E-state index is 0.248. The summed E-state index contributed by atoms with van der Waals surface area (Å²) in [7, 11) is 0. The van der Waals surface area contributed by atoms with Crippen LogP contribution in [0.5, 0.6) is 0 Å². The number of halogens is 1. The van der Waals surface area contributed by atoms with Gasteiger partial charge in [0.1, 0.15) is 0 Å². The molecule has 1 aromatic heterocycles. The molecule has 0 fully saturated rings. The van der Waals surface area contributed by atoms with Crippen molar-refractivity contribution in [3.63, 3.8) is 0 Å². The van der Waals surface area contributed by atoms with Crippen molar-refractivity contribution in [2.24, 2.45) is 5.92 Å². The molecule has 1 heterocycles. The predicted octanol–water partition coefficient (Wildman–Crippen LogP) is 2.70. The van der Waals surface area contributed by atoms with E-state index in [-0.39, 0.29) is 4.83 Å². The van der Waals surface area contributed by atoms with Gasteiger partial charge in [-0.1, -0.05) is 35.8 Å². The van der Waals surface area contributed by atoms with E-state index in [1.807, 2.05) is 18.2 Å². The van der Waals surface area contributed by atoms with E-state index in [9.17, 15) is 9.59 Å². The van der Waals surface area contributed by atoms with Gasteiger partial charge in [0.25, 0.3) is 0 Å². The summed E-state index contributed by atoms with van der Waals surface area (Å²) in [5.74, 6) is 0.583. The van der Waals surface area contributed by atoms with Crippen LogP contribution in [-0.4, -0.2) is 9.97 Å². The van der Waals surface area contributed by atoms with E-state index in [1.54, 1.807) is 0 Å². The van der Waals surface area contributed by atoms with Crippen molar-refractivity contribution in [3.05, 3.63) is 44.5 Å². The maximum absolute atomic E-state index is 11.3. The first-order valence-electron chi connectivity index (χ1n) is 5.87. The summed E-state index contributed by atoms with van der Waals surface area (Å²) in [4.78, 5) is 27.9. The van der Waals surface area contributed by atoms with Crippen LogP contribution >= 0.6 is 15.9 Å². The molecule has 0 aliphatic rings. The van der Waals surface area contributed by atoms with Crippen LogP contribution in [0.2, 0.25) is 0 Å². The van der Waals surface area contributed by atoms with E-state index in [2.05, 4.69) is 39.7 Å². The average molecular weight is 311 g/mol. The topological polar surface area (TPSA) is 65.7 Å². The number of rotatable bonds is 3. The summed E-state index contributed by atoms with van der Waals surface area (Å²) < 4.78 is 0. The zero-order valence-corrected chi connectivity index (χ0v) is 11.9. The first-order chi connectivity index (χ1) is 8.47. The monoisotopic (exact) mass is 310 g/mol. The predicted molar refractivity (Wildman–Crippen MR) is 76.3 cm³/mol. The number of hydrogen-bond acceptors (Lipinski definition) is 2. The number of H-pyrrole nitrogens is 2. The second kappa shape index (κ2) is 5.10. The Morgan fingerprint density at radius 1 is 1.11 bits per heavy atom. The van der Waals surface area contributed by atoms with Crippen LogP contribution < -0.4 is 11.1 Å². The van der Waals surface area contributed by atoms with Gasteiger partial charge in [0.2, 0.25) is 0 Å². The van der Waals surface area contributed by atoms with Gasteiger partial charge in [0, 0.05) is 4.83 Å². The number of aromatic nitrogens is 2. The molecule has 1 atom stereocenters. The van der Waals surface area contributed by atoms with Crippen molar-refractivity contribution in [3.8, 4) is 0 Å². The molecule has 1 aromatic carbocycles. The van der Waals surface area contributed by atoms with E-state index < -0.39 is 11.1 Å². The Labute approximate surface area is 113 Å². The smallest absolute Gasteiger partial charge is 0.314 e. The van der Waals surface area contributed by atoms with Gasteiger partial charge in [0.15, 0.2) is 0 Å². The molecule has 4 nitrogen and oxygen atoms in total. The zero-order valence-electron chi connectivity index (χ0n) is 10.3. The molecule has 2 N–H and O–H groups in total. The van der Waals surface area contributed by atoms with Gasteiger partial charge >= 0.3 is 11.1 Å². The zero-order chi connectivity index (χ0) is 13.3. The molecule has 0 aliphatic heterocycles. The first kappa shape index (κ1) is 13.1. The van der Waals surface area contributed by atoms with Crippen molar-refractivity contribution in [2.45, 2.75) is 25.1 Å². The quantitative estimate of drug-likeness (QED) is 0.676. The SMILES string of the molecule is CC(C)CC(Br)c1ccc2[nH]c(=O)c(=O)[nH]c2c1. The molecule has 1 unspecified atom stereocenters. The maximum Gasteiger partial charge on any atom is 0.314 e. The van der Waals surface area contributed by atoms with Crippen LogP contribution in [0.25, 0.3) is 11.0 Å². The third kappa shape index (κ3) is 2.72. The lowest BCUT2D eigenvalue weighted by Gasteiger charge is -2.13. The molecular formula is C13H15BrN2O2.